The maximum absolute atomic E-state index is 10.6. The molecule has 0 saturated heterocycles. The van der Waals surface area contributed by atoms with Crippen molar-refractivity contribution in [2.45, 2.75) is 25.7 Å². The summed E-state index contributed by atoms with van der Waals surface area (Å²) in [6, 6.07) is 59.5. The van der Waals surface area contributed by atoms with Crippen LogP contribution in [-0.2, 0) is 0 Å². The number of fused-ring (bicyclic) bond motifs is 5. The third kappa shape index (κ3) is 5.26. The predicted molar refractivity (Wildman–Crippen MR) is 221 cm³/mol. The summed E-state index contributed by atoms with van der Waals surface area (Å²) in [5, 5.41) is 12.8. The molecule has 2 heterocycles. The molecular weight excluding hydrogens is 671 g/mol. The fourth-order valence-corrected chi connectivity index (χ4v) is 8.73. The van der Waals surface area contributed by atoms with E-state index < -0.39 is 0 Å². The smallest absolute Gasteiger partial charge is 0.238 e. The lowest BCUT2D eigenvalue weighted by Crippen LogP contribution is -2.20. The molecule has 2 unspecified atom stereocenters. The summed E-state index contributed by atoms with van der Waals surface area (Å²) in [6.45, 7) is 4.46. The highest BCUT2D eigenvalue weighted by Crippen LogP contribution is 2.51. The second-order valence-corrected chi connectivity index (χ2v) is 14.3. The molecule has 2 atom stereocenters. The lowest BCUT2D eigenvalue weighted by molar-refractivity contribution is 0.791. The predicted octanol–water partition coefficient (Wildman–Crippen LogP) is 11.8. The van der Waals surface area contributed by atoms with E-state index in [2.05, 4.69) is 122 Å². The van der Waals surface area contributed by atoms with Crippen LogP contribution < -0.4 is 0 Å². The van der Waals surface area contributed by atoms with Gasteiger partial charge in [-0.2, -0.15) is 15.2 Å². The Balaban J connectivity index is 1.21. The zero-order valence-corrected chi connectivity index (χ0v) is 30.5. The molecule has 0 N–H and O–H groups in total. The van der Waals surface area contributed by atoms with Gasteiger partial charge in [0.25, 0.3) is 0 Å². The van der Waals surface area contributed by atoms with Gasteiger partial charge in [0.2, 0.25) is 5.95 Å². The minimum absolute atomic E-state index is 0.0506. The van der Waals surface area contributed by atoms with Crippen LogP contribution in [0, 0.1) is 18.3 Å². The van der Waals surface area contributed by atoms with Crippen molar-refractivity contribution in [1.29, 1.82) is 5.26 Å². The van der Waals surface area contributed by atoms with Gasteiger partial charge in [-0.05, 0) is 75.7 Å². The Morgan fingerprint density at radius 1 is 0.527 bits per heavy atom. The summed E-state index contributed by atoms with van der Waals surface area (Å²) < 4.78 is 2.16. The largest absolute Gasteiger partial charge is 0.278 e. The third-order valence-corrected chi connectivity index (χ3v) is 11.3. The number of nitriles is 1. The van der Waals surface area contributed by atoms with Crippen LogP contribution in [0.25, 0.3) is 61.7 Å². The molecule has 0 spiro atoms. The van der Waals surface area contributed by atoms with Crippen molar-refractivity contribution in [2.75, 3.05) is 0 Å². The van der Waals surface area contributed by atoms with Crippen LogP contribution in [0.5, 0.6) is 0 Å². The number of hydrogen-bond donors (Lipinski definition) is 0. The number of rotatable bonds is 5. The SMILES string of the molecule is Cc1ccccc1C1c2ccccc2C(C)c2c(-c3ccc4c(c3)c3ccccc3n4-c3nc(-c4ccccc4)nc(-c4ccccc4)n3)ccc(C#N)c21. The first kappa shape index (κ1) is 32.5. The fraction of sp³-hybridized carbons (Fsp3) is 0.0800. The standard InChI is InChI=1S/C50H35N5/c1-31-15-9-10-20-37(31)47-41-23-12-11-21-38(41)32(2)45-39(27-25-36(30-51)46(45)47)35-26-28-44-42(29-35)40-22-13-14-24-43(40)55(44)50-53-48(33-16-5-3-6-17-33)52-49(54-50)34-18-7-4-8-19-34/h3-29,32,47H,1-2H3. The van der Waals surface area contributed by atoms with Gasteiger partial charge in [-0.3, -0.25) is 4.57 Å². The van der Waals surface area contributed by atoms with E-state index in [0.717, 1.165) is 55.2 Å². The molecule has 5 heteroatoms. The quantitative estimate of drug-likeness (QED) is 0.179. The van der Waals surface area contributed by atoms with Crippen LogP contribution >= 0.6 is 0 Å². The summed E-state index contributed by atoms with van der Waals surface area (Å²) in [4.78, 5) is 15.2. The van der Waals surface area contributed by atoms with Crippen molar-refractivity contribution in [2.24, 2.45) is 0 Å². The Hall–Kier alpha value is -7.16. The molecule has 1 aliphatic carbocycles. The number of aryl methyl sites for hydroxylation is 1. The highest BCUT2D eigenvalue weighted by atomic mass is 15.2. The molecule has 0 saturated carbocycles. The number of benzene rings is 7. The molecule has 9 aromatic rings. The first-order valence-electron chi connectivity index (χ1n) is 18.7. The van der Waals surface area contributed by atoms with Crippen LogP contribution in [0.4, 0.5) is 0 Å². The highest BCUT2D eigenvalue weighted by Gasteiger charge is 2.35. The van der Waals surface area contributed by atoms with E-state index in [-0.39, 0.29) is 11.8 Å². The lowest BCUT2D eigenvalue weighted by atomic mass is 9.67. The zero-order chi connectivity index (χ0) is 37.0. The van der Waals surface area contributed by atoms with E-state index in [9.17, 15) is 5.26 Å². The Kier molecular flexibility index (Phi) is 7.71. The van der Waals surface area contributed by atoms with Gasteiger partial charge in [0.05, 0.1) is 22.7 Å². The number of nitrogens with zero attached hydrogens (tertiary/aromatic N) is 5. The summed E-state index contributed by atoms with van der Waals surface area (Å²) in [5.74, 6) is 1.84. The molecule has 10 rings (SSSR count). The normalized spacial score (nSPS) is 14.7. The summed E-state index contributed by atoms with van der Waals surface area (Å²) in [5.41, 5.74) is 14.2. The van der Waals surface area contributed by atoms with E-state index in [1.54, 1.807) is 0 Å². The minimum Gasteiger partial charge on any atom is -0.278 e. The molecule has 1 aliphatic rings. The van der Waals surface area contributed by atoms with Crippen molar-refractivity contribution < 1.29 is 0 Å². The van der Waals surface area contributed by atoms with E-state index in [0.29, 0.717) is 17.6 Å². The third-order valence-electron chi connectivity index (χ3n) is 11.3. The first-order valence-corrected chi connectivity index (χ1v) is 18.7. The topological polar surface area (TPSA) is 67.4 Å². The van der Waals surface area contributed by atoms with Gasteiger partial charge in [0, 0.05) is 33.7 Å². The van der Waals surface area contributed by atoms with Gasteiger partial charge in [0.15, 0.2) is 11.6 Å². The minimum atomic E-state index is -0.0506. The van der Waals surface area contributed by atoms with E-state index in [4.69, 9.17) is 15.0 Å². The zero-order valence-electron chi connectivity index (χ0n) is 30.5. The number of aromatic nitrogens is 4. The lowest BCUT2D eigenvalue weighted by Gasteiger charge is -2.36. The van der Waals surface area contributed by atoms with Crippen molar-refractivity contribution in [3.05, 3.63) is 203 Å². The summed E-state index contributed by atoms with van der Waals surface area (Å²) in [7, 11) is 0. The molecule has 0 bridgehead atoms. The van der Waals surface area contributed by atoms with Gasteiger partial charge in [-0.1, -0.05) is 146 Å². The molecule has 7 aromatic carbocycles. The van der Waals surface area contributed by atoms with Gasteiger partial charge >= 0.3 is 0 Å². The number of hydrogen-bond acceptors (Lipinski definition) is 4. The average molecular weight is 706 g/mol. The number of para-hydroxylation sites is 1. The molecule has 0 radical (unpaired) electrons. The molecular formula is C50H35N5. The summed E-state index contributed by atoms with van der Waals surface area (Å²) in [6.07, 6.45) is 0. The maximum atomic E-state index is 10.6. The maximum Gasteiger partial charge on any atom is 0.238 e. The van der Waals surface area contributed by atoms with Gasteiger partial charge in [-0.25, -0.2) is 4.98 Å². The van der Waals surface area contributed by atoms with Crippen LogP contribution in [-0.4, -0.2) is 19.5 Å². The highest BCUT2D eigenvalue weighted by molar-refractivity contribution is 6.10. The molecule has 0 fully saturated rings. The van der Waals surface area contributed by atoms with E-state index in [1.165, 1.54) is 27.8 Å². The van der Waals surface area contributed by atoms with Crippen LogP contribution in [0.2, 0.25) is 0 Å². The Morgan fingerprint density at radius 2 is 1.13 bits per heavy atom. The molecule has 0 aliphatic heterocycles. The summed E-state index contributed by atoms with van der Waals surface area (Å²) >= 11 is 0. The van der Waals surface area contributed by atoms with E-state index >= 15 is 0 Å². The van der Waals surface area contributed by atoms with Crippen molar-refractivity contribution in [3.63, 3.8) is 0 Å². The monoisotopic (exact) mass is 705 g/mol. The molecule has 260 valence electrons. The van der Waals surface area contributed by atoms with Gasteiger partial charge < -0.3 is 0 Å². The molecule has 2 aromatic heterocycles. The Morgan fingerprint density at radius 3 is 1.82 bits per heavy atom. The molecule has 0 amide bonds. The molecule has 5 nitrogen and oxygen atoms in total. The van der Waals surface area contributed by atoms with Crippen molar-refractivity contribution in [1.82, 2.24) is 19.5 Å². The van der Waals surface area contributed by atoms with Crippen LogP contribution in [0.3, 0.4) is 0 Å². The van der Waals surface area contributed by atoms with Gasteiger partial charge in [-0.15, -0.1) is 0 Å². The average Bonchev–Trinajstić information content (AvgIpc) is 3.58. The van der Waals surface area contributed by atoms with Crippen LogP contribution in [0.1, 0.15) is 57.7 Å². The fourth-order valence-electron chi connectivity index (χ4n) is 8.73. The van der Waals surface area contributed by atoms with E-state index in [1.807, 2.05) is 66.7 Å². The Bertz CT molecular complexity index is 2920. The Labute approximate surface area is 319 Å². The first-order chi connectivity index (χ1) is 27.1. The van der Waals surface area contributed by atoms with Crippen LogP contribution in [0.15, 0.2) is 164 Å². The van der Waals surface area contributed by atoms with Crippen molar-refractivity contribution in [3.8, 4) is 45.9 Å². The van der Waals surface area contributed by atoms with Gasteiger partial charge in [0.1, 0.15) is 0 Å². The second-order valence-electron chi connectivity index (χ2n) is 14.3. The van der Waals surface area contributed by atoms with Crippen molar-refractivity contribution >= 4 is 21.8 Å². The molecule has 55 heavy (non-hydrogen) atoms. The second kappa shape index (κ2) is 13.1.